The standard InChI is InChI=1S/C10H14ClN3O4S2/c11-10-8(14(15)16)5-9(19-10)20(17,18)13-7-3-1-2-4-12-6-7/h5,7,12-13H,1-4,6H2. The highest BCUT2D eigenvalue weighted by molar-refractivity contribution is 7.91. The third kappa shape index (κ3) is 3.67. The van der Waals surface area contributed by atoms with Gasteiger partial charge in [-0.25, -0.2) is 13.1 Å². The zero-order valence-electron chi connectivity index (χ0n) is 10.5. The van der Waals surface area contributed by atoms with Gasteiger partial charge in [-0.15, -0.1) is 11.3 Å². The van der Waals surface area contributed by atoms with Crippen LogP contribution in [0.1, 0.15) is 19.3 Å². The Labute approximate surface area is 125 Å². The topological polar surface area (TPSA) is 101 Å². The second kappa shape index (κ2) is 6.35. The summed E-state index contributed by atoms with van der Waals surface area (Å²) in [7, 11) is -3.77. The van der Waals surface area contributed by atoms with Crippen LogP contribution in [0.2, 0.25) is 4.34 Å². The number of hydrogen-bond acceptors (Lipinski definition) is 6. The van der Waals surface area contributed by atoms with Crippen molar-refractivity contribution < 1.29 is 13.3 Å². The number of halogens is 1. The number of nitrogens with one attached hydrogen (secondary N) is 2. The lowest BCUT2D eigenvalue weighted by atomic mass is 10.2. The molecule has 7 nitrogen and oxygen atoms in total. The lowest BCUT2D eigenvalue weighted by Crippen LogP contribution is -2.40. The molecule has 0 bridgehead atoms. The van der Waals surface area contributed by atoms with Gasteiger partial charge in [-0.3, -0.25) is 10.1 Å². The van der Waals surface area contributed by atoms with E-state index < -0.39 is 14.9 Å². The molecule has 0 aliphatic carbocycles. The third-order valence-corrected chi connectivity index (χ3v) is 6.31. The summed E-state index contributed by atoms with van der Waals surface area (Å²) in [5.74, 6) is 0. The van der Waals surface area contributed by atoms with Crippen molar-refractivity contribution in [2.24, 2.45) is 0 Å². The average Bonchev–Trinajstić information content (AvgIpc) is 2.59. The van der Waals surface area contributed by atoms with Gasteiger partial charge in [0.25, 0.3) is 15.7 Å². The van der Waals surface area contributed by atoms with Crippen LogP contribution in [0.4, 0.5) is 5.69 Å². The van der Waals surface area contributed by atoms with E-state index in [4.69, 9.17) is 11.6 Å². The van der Waals surface area contributed by atoms with Crippen molar-refractivity contribution in [1.82, 2.24) is 10.0 Å². The molecule has 1 aromatic rings. The Bertz CT molecular complexity index is 594. The first-order chi connectivity index (χ1) is 9.40. The Morgan fingerprint density at radius 1 is 1.50 bits per heavy atom. The van der Waals surface area contributed by atoms with Crippen LogP contribution in [0.15, 0.2) is 10.3 Å². The number of hydrogen-bond donors (Lipinski definition) is 2. The molecule has 1 unspecified atom stereocenters. The maximum atomic E-state index is 12.2. The van der Waals surface area contributed by atoms with E-state index in [2.05, 4.69) is 10.0 Å². The first kappa shape index (κ1) is 15.6. The van der Waals surface area contributed by atoms with E-state index in [1.807, 2.05) is 0 Å². The normalized spacial score (nSPS) is 20.6. The summed E-state index contributed by atoms with van der Waals surface area (Å²) in [6.07, 6.45) is 2.69. The van der Waals surface area contributed by atoms with E-state index in [1.165, 1.54) is 0 Å². The largest absolute Gasteiger partial charge is 0.315 e. The Morgan fingerprint density at radius 2 is 2.25 bits per heavy atom. The molecule has 1 saturated heterocycles. The molecule has 1 atom stereocenters. The smallest absolute Gasteiger partial charge is 0.300 e. The van der Waals surface area contributed by atoms with Crippen LogP contribution >= 0.6 is 22.9 Å². The molecule has 2 rings (SSSR count). The van der Waals surface area contributed by atoms with Gasteiger partial charge in [0.05, 0.1) is 4.92 Å². The second-order valence-corrected chi connectivity index (χ2v) is 8.09. The van der Waals surface area contributed by atoms with Gasteiger partial charge in [0, 0.05) is 18.7 Å². The molecule has 0 aromatic carbocycles. The number of thiophene rings is 1. The van der Waals surface area contributed by atoms with Gasteiger partial charge in [-0.05, 0) is 19.4 Å². The third-order valence-electron chi connectivity index (χ3n) is 2.98. The minimum Gasteiger partial charge on any atom is -0.315 e. The zero-order chi connectivity index (χ0) is 14.8. The molecule has 1 aliphatic heterocycles. The molecule has 112 valence electrons. The van der Waals surface area contributed by atoms with Crippen LogP contribution in [-0.2, 0) is 10.0 Å². The maximum absolute atomic E-state index is 12.2. The van der Waals surface area contributed by atoms with Crippen LogP contribution in [0.3, 0.4) is 0 Å². The number of sulfonamides is 1. The SMILES string of the molecule is O=[N+]([O-])c1cc(S(=O)(=O)NC2CCCCNC2)sc1Cl. The van der Waals surface area contributed by atoms with E-state index in [0.717, 1.165) is 31.9 Å². The van der Waals surface area contributed by atoms with Crippen molar-refractivity contribution in [2.45, 2.75) is 29.5 Å². The minimum absolute atomic E-state index is 0.126. The fourth-order valence-electron chi connectivity index (χ4n) is 1.99. The predicted octanol–water partition coefficient (Wildman–Crippen LogP) is 1.73. The molecule has 0 radical (unpaired) electrons. The maximum Gasteiger partial charge on any atom is 0.300 e. The van der Waals surface area contributed by atoms with Crippen molar-refractivity contribution in [3.63, 3.8) is 0 Å². The predicted molar refractivity (Wildman–Crippen MR) is 76.8 cm³/mol. The van der Waals surface area contributed by atoms with E-state index in [1.54, 1.807) is 0 Å². The fourth-order valence-corrected chi connectivity index (χ4v) is 4.94. The Balaban J connectivity index is 2.17. The van der Waals surface area contributed by atoms with E-state index in [0.29, 0.717) is 17.9 Å². The molecule has 10 heteroatoms. The Morgan fingerprint density at radius 3 is 2.90 bits per heavy atom. The summed E-state index contributed by atoms with van der Waals surface area (Å²) in [6, 6.07) is 0.793. The van der Waals surface area contributed by atoms with E-state index in [9.17, 15) is 18.5 Å². The van der Waals surface area contributed by atoms with Crippen molar-refractivity contribution in [3.8, 4) is 0 Å². The molecular formula is C10H14ClN3O4S2. The van der Waals surface area contributed by atoms with Gasteiger partial charge < -0.3 is 5.32 Å². The molecule has 1 aromatic heterocycles. The van der Waals surface area contributed by atoms with Crippen LogP contribution < -0.4 is 10.0 Å². The summed E-state index contributed by atoms with van der Waals surface area (Å²) in [5, 5.41) is 13.8. The Kier molecular flexibility index (Phi) is 4.97. The Hall–Kier alpha value is -0.740. The van der Waals surface area contributed by atoms with Gasteiger partial charge in [0.1, 0.15) is 4.21 Å². The van der Waals surface area contributed by atoms with E-state index in [-0.39, 0.29) is 20.3 Å². The van der Waals surface area contributed by atoms with Gasteiger partial charge in [0.15, 0.2) is 4.34 Å². The molecule has 0 spiro atoms. The summed E-state index contributed by atoms with van der Waals surface area (Å²) in [5.41, 5.74) is -0.379. The highest BCUT2D eigenvalue weighted by atomic mass is 35.5. The number of nitrogens with zero attached hydrogens (tertiary/aromatic N) is 1. The molecule has 1 aliphatic rings. The van der Waals surface area contributed by atoms with Crippen LogP contribution in [0, 0.1) is 10.1 Å². The number of rotatable bonds is 4. The van der Waals surface area contributed by atoms with Gasteiger partial charge in [0.2, 0.25) is 0 Å². The first-order valence-electron chi connectivity index (χ1n) is 6.07. The zero-order valence-corrected chi connectivity index (χ0v) is 12.9. The van der Waals surface area contributed by atoms with Crippen LogP contribution in [-0.4, -0.2) is 32.5 Å². The monoisotopic (exact) mass is 339 g/mol. The molecule has 1 fully saturated rings. The molecule has 20 heavy (non-hydrogen) atoms. The van der Waals surface area contributed by atoms with Crippen molar-refractivity contribution in [2.75, 3.05) is 13.1 Å². The lowest BCUT2D eigenvalue weighted by Gasteiger charge is -2.15. The molecule has 2 N–H and O–H groups in total. The molecule has 2 heterocycles. The summed E-state index contributed by atoms with van der Waals surface area (Å²) < 4.78 is 26.7. The highest BCUT2D eigenvalue weighted by Crippen LogP contribution is 2.36. The molecular weight excluding hydrogens is 326 g/mol. The van der Waals surface area contributed by atoms with Crippen LogP contribution in [0.25, 0.3) is 0 Å². The second-order valence-electron chi connectivity index (χ2n) is 4.50. The van der Waals surface area contributed by atoms with Gasteiger partial charge in [-0.2, -0.15) is 0 Å². The van der Waals surface area contributed by atoms with Gasteiger partial charge >= 0.3 is 0 Å². The molecule has 0 saturated carbocycles. The average molecular weight is 340 g/mol. The van der Waals surface area contributed by atoms with Crippen molar-refractivity contribution in [3.05, 3.63) is 20.5 Å². The van der Waals surface area contributed by atoms with E-state index >= 15 is 0 Å². The molecule has 0 amide bonds. The highest BCUT2D eigenvalue weighted by Gasteiger charge is 2.27. The fraction of sp³-hybridized carbons (Fsp3) is 0.600. The van der Waals surface area contributed by atoms with Crippen molar-refractivity contribution >= 4 is 38.6 Å². The summed E-state index contributed by atoms with van der Waals surface area (Å²) >= 11 is 6.38. The lowest BCUT2D eigenvalue weighted by molar-refractivity contribution is -0.384. The number of nitro groups is 1. The summed E-state index contributed by atoms with van der Waals surface area (Å²) in [4.78, 5) is 10.0. The van der Waals surface area contributed by atoms with Crippen molar-refractivity contribution in [1.29, 1.82) is 0 Å². The summed E-state index contributed by atoms with van der Waals surface area (Å²) in [6.45, 7) is 1.43. The quantitative estimate of drug-likeness (QED) is 0.642. The first-order valence-corrected chi connectivity index (χ1v) is 8.74. The van der Waals surface area contributed by atoms with Gasteiger partial charge in [-0.1, -0.05) is 18.0 Å². The minimum atomic E-state index is -3.77. The van der Waals surface area contributed by atoms with Crippen LogP contribution in [0.5, 0.6) is 0 Å².